The van der Waals surface area contributed by atoms with E-state index in [2.05, 4.69) is 85.5 Å². The third kappa shape index (κ3) is 10.6. The molecule has 4 heteroatoms. The minimum Gasteiger partial charge on any atom is -0.362 e. The van der Waals surface area contributed by atoms with Crippen molar-refractivity contribution in [1.29, 1.82) is 0 Å². The van der Waals surface area contributed by atoms with Crippen LogP contribution in [0.1, 0.15) is 72.4 Å². The van der Waals surface area contributed by atoms with Crippen LogP contribution in [0.5, 0.6) is 0 Å². The van der Waals surface area contributed by atoms with Crippen LogP contribution >= 0.6 is 0 Å². The largest absolute Gasteiger partial charge is 0.362 e. The summed E-state index contributed by atoms with van der Waals surface area (Å²) in [7, 11) is 0. The number of benzene rings is 1. The van der Waals surface area contributed by atoms with Gasteiger partial charge in [0, 0.05) is 29.5 Å². The number of fused-ring (bicyclic) bond motifs is 1. The molecule has 1 aromatic heterocycles. The zero-order valence-electron chi connectivity index (χ0n) is 22.2. The van der Waals surface area contributed by atoms with Gasteiger partial charge in [-0.25, -0.2) is 0 Å². The van der Waals surface area contributed by atoms with Gasteiger partial charge in [0.1, 0.15) is 0 Å². The quantitative estimate of drug-likeness (QED) is 0.374. The number of para-hydroxylation sites is 1. The standard InChI is InChI=1S/C10H13N.C9H10N2.C9H19N.C2H6/c1-3-11-10-8-6-4-5-7-9(10)2;10-6-8-5-7-3-1-2-4-9(7)11-8;1-3-10-9-7-5-4-6-8(9)2;1-2/h3,5-8,11H,1,4H2,2H3;1-5,11H,6,10H2;8-10H,3-7H2,1-2H3;1-2H3/t;;8?,9-;/m..1./s1. The van der Waals surface area contributed by atoms with Crippen LogP contribution in [0.4, 0.5) is 0 Å². The van der Waals surface area contributed by atoms with Gasteiger partial charge in [-0.05, 0) is 74.0 Å². The lowest BCUT2D eigenvalue weighted by molar-refractivity contribution is 0.285. The highest BCUT2D eigenvalue weighted by molar-refractivity contribution is 5.80. The Morgan fingerprint density at radius 1 is 1.12 bits per heavy atom. The van der Waals surface area contributed by atoms with Crippen LogP contribution in [0.3, 0.4) is 0 Å². The molecule has 0 bridgehead atoms. The van der Waals surface area contributed by atoms with E-state index in [4.69, 9.17) is 5.73 Å². The van der Waals surface area contributed by atoms with Crippen molar-refractivity contribution in [2.75, 3.05) is 6.54 Å². The van der Waals surface area contributed by atoms with Crippen molar-refractivity contribution in [3.8, 4) is 0 Å². The number of hydrogen-bond acceptors (Lipinski definition) is 3. The summed E-state index contributed by atoms with van der Waals surface area (Å²) in [6, 6.07) is 11.1. The highest BCUT2D eigenvalue weighted by atomic mass is 14.9. The molecule has 0 spiro atoms. The molecule has 4 nitrogen and oxygen atoms in total. The molecular formula is C30H48N4. The Morgan fingerprint density at radius 3 is 2.47 bits per heavy atom. The zero-order valence-corrected chi connectivity index (χ0v) is 22.2. The average Bonchev–Trinajstić information content (AvgIpc) is 3.20. The van der Waals surface area contributed by atoms with E-state index in [-0.39, 0.29) is 0 Å². The maximum atomic E-state index is 5.48. The first-order chi connectivity index (χ1) is 16.6. The smallest absolute Gasteiger partial charge is 0.0456 e. The zero-order chi connectivity index (χ0) is 25.2. The van der Waals surface area contributed by atoms with Gasteiger partial charge in [-0.1, -0.05) is 83.5 Å². The summed E-state index contributed by atoms with van der Waals surface area (Å²) in [5, 5.41) is 7.84. The van der Waals surface area contributed by atoms with Crippen molar-refractivity contribution < 1.29 is 0 Å². The lowest BCUT2D eigenvalue weighted by atomic mass is 9.86. The van der Waals surface area contributed by atoms with E-state index in [1.54, 1.807) is 6.20 Å². The second-order valence-corrected chi connectivity index (χ2v) is 8.50. The van der Waals surface area contributed by atoms with Crippen molar-refractivity contribution in [2.24, 2.45) is 11.7 Å². The van der Waals surface area contributed by atoms with Crippen molar-refractivity contribution in [3.05, 3.63) is 84.4 Å². The molecule has 2 aliphatic carbocycles. The van der Waals surface area contributed by atoms with Crippen LogP contribution in [-0.4, -0.2) is 17.6 Å². The number of allylic oxidation sites excluding steroid dienone is 5. The second kappa shape index (κ2) is 17.9. The topological polar surface area (TPSA) is 65.9 Å². The molecule has 5 N–H and O–H groups in total. The molecule has 2 atom stereocenters. The SMILES string of the molecule is C=CNC1=C(C)C=CCC=C1.CC.CCN[C@@H]1CCCCC1C.NCc1cc2ccccc2[nH]1. The first-order valence-electron chi connectivity index (χ1n) is 13.0. The number of hydrogen-bond donors (Lipinski definition) is 4. The van der Waals surface area contributed by atoms with Gasteiger partial charge in [0.05, 0.1) is 0 Å². The summed E-state index contributed by atoms with van der Waals surface area (Å²) in [6.07, 6.45) is 16.9. The number of nitrogens with two attached hydrogens (primary N) is 1. The van der Waals surface area contributed by atoms with Crippen molar-refractivity contribution in [3.63, 3.8) is 0 Å². The van der Waals surface area contributed by atoms with E-state index < -0.39 is 0 Å². The fourth-order valence-corrected chi connectivity index (χ4v) is 4.13. The van der Waals surface area contributed by atoms with Gasteiger partial charge < -0.3 is 21.4 Å². The monoisotopic (exact) mass is 464 g/mol. The first kappa shape index (κ1) is 29.5. The summed E-state index contributed by atoms with van der Waals surface area (Å²) < 4.78 is 0. The molecule has 2 aromatic rings. The van der Waals surface area contributed by atoms with Crippen molar-refractivity contribution in [2.45, 2.75) is 79.3 Å². The van der Waals surface area contributed by atoms with Gasteiger partial charge in [0.2, 0.25) is 0 Å². The molecule has 0 amide bonds. The molecule has 1 unspecified atom stereocenters. The Morgan fingerprint density at radius 2 is 1.82 bits per heavy atom. The molecule has 188 valence electrons. The molecule has 1 heterocycles. The van der Waals surface area contributed by atoms with Crippen LogP contribution in [0.25, 0.3) is 10.9 Å². The maximum absolute atomic E-state index is 5.48. The molecule has 4 rings (SSSR count). The fourth-order valence-electron chi connectivity index (χ4n) is 4.13. The number of H-pyrrole nitrogens is 1. The second-order valence-electron chi connectivity index (χ2n) is 8.50. The molecule has 1 aromatic carbocycles. The van der Waals surface area contributed by atoms with Crippen LogP contribution in [-0.2, 0) is 6.54 Å². The van der Waals surface area contributed by atoms with E-state index >= 15 is 0 Å². The minimum absolute atomic E-state index is 0.578. The Kier molecular flexibility index (Phi) is 15.5. The Labute approximate surface area is 208 Å². The Balaban J connectivity index is 0.000000246. The summed E-state index contributed by atoms with van der Waals surface area (Å²) in [5.41, 5.74) is 10.1. The highest BCUT2D eigenvalue weighted by Gasteiger charge is 2.19. The van der Waals surface area contributed by atoms with Crippen LogP contribution < -0.4 is 16.4 Å². The summed E-state index contributed by atoms with van der Waals surface area (Å²) in [4.78, 5) is 3.22. The third-order valence-corrected chi connectivity index (χ3v) is 5.99. The van der Waals surface area contributed by atoms with Crippen LogP contribution in [0, 0.1) is 5.92 Å². The third-order valence-electron chi connectivity index (χ3n) is 5.99. The molecule has 0 radical (unpaired) electrons. The normalized spacial score (nSPS) is 19.0. The Hall–Kier alpha value is -2.56. The van der Waals surface area contributed by atoms with E-state index in [0.29, 0.717) is 6.54 Å². The number of aromatic amines is 1. The van der Waals surface area contributed by atoms with E-state index in [1.807, 2.05) is 26.0 Å². The summed E-state index contributed by atoms with van der Waals surface area (Å²) >= 11 is 0. The van der Waals surface area contributed by atoms with Crippen molar-refractivity contribution in [1.82, 2.24) is 15.6 Å². The molecule has 1 saturated carbocycles. The predicted molar refractivity (Wildman–Crippen MR) is 152 cm³/mol. The van der Waals surface area contributed by atoms with Gasteiger partial charge in [0.25, 0.3) is 0 Å². The highest BCUT2D eigenvalue weighted by Crippen LogP contribution is 2.23. The maximum Gasteiger partial charge on any atom is 0.0456 e. The lowest BCUT2D eigenvalue weighted by Crippen LogP contribution is -2.36. The Bertz CT molecular complexity index is 868. The summed E-state index contributed by atoms with van der Waals surface area (Å²) in [6.45, 7) is 16.0. The molecule has 0 aliphatic heterocycles. The molecule has 0 saturated heterocycles. The van der Waals surface area contributed by atoms with Gasteiger partial charge in [0.15, 0.2) is 0 Å². The van der Waals surface area contributed by atoms with Gasteiger partial charge >= 0.3 is 0 Å². The van der Waals surface area contributed by atoms with Gasteiger partial charge in [-0.15, -0.1) is 0 Å². The minimum atomic E-state index is 0.578. The molecule has 34 heavy (non-hydrogen) atoms. The van der Waals surface area contributed by atoms with E-state index in [9.17, 15) is 0 Å². The molecule has 2 aliphatic rings. The number of rotatable bonds is 5. The van der Waals surface area contributed by atoms with Crippen LogP contribution in [0.15, 0.2) is 78.7 Å². The number of nitrogens with one attached hydrogen (secondary N) is 3. The molecular weight excluding hydrogens is 416 g/mol. The first-order valence-corrected chi connectivity index (χ1v) is 13.0. The van der Waals surface area contributed by atoms with E-state index in [0.717, 1.165) is 41.8 Å². The van der Waals surface area contributed by atoms with Crippen LogP contribution in [0.2, 0.25) is 0 Å². The summed E-state index contributed by atoms with van der Waals surface area (Å²) in [5.74, 6) is 0.911. The van der Waals surface area contributed by atoms with E-state index in [1.165, 1.54) is 36.6 Å². The number of aromatic nitrogens is 1. The average molecular weight is 465 g/mol. The fraction of sp³-hybridized carbons (Fsp3) is 0.467. The van der Waals surface area contributed by atoms with Crippen molar-refractivity contribution >= 4 is 10.9 Å². The van der Waals surface area contributed by atoms with Gasteiger partial charge in [-0.2, -0.15) is 0 Å². The lowest BCUT2D eigenvalue weighted by Gasteiger charge is -2.29. The molecule has 1 fully saturated rings. The van der Waals surface area contributed by atoms with Gasteiger partial charge in [-0.3, -0.25) is 0 Å². The predicted octanol–water partition coefficient (Wildman–Crippen LogP) is 7.34.